The Morgan fingerprint density at radius 1 is 1.12 bits per heavy atom. The van der Waals surface area contributed by atoms with Gasteiger partial charge in [-0.05, 0) is 12.5 Å². The molecular weight excluding hydrogens is 393 g/mol. The standard InChI is InChI=1S/C17H13Cl2N5OS/c18-12-9-13(19)16-21-22-17(24(16)10-12)26-8-4-7-14-20-15(23-25-14)11-5-2-1-3-6-11/h1-3,5-6,9-10H,4,7-8H2. The van der Waals surface area contributed by atoms with Gasteiger partial charge in [0.25, 0.3) is 0 Å². The molecule has 0 unspecified atom stereocenters. The topological polar surface area (TPSA) is 69.1 Å². The number of pyridine rings is 1. The van der Waals surface area contributed by atoms with Crippen LogP contribution in [0.3, 0.4) is 0 Å². The molecular formula is C17H13Cl2N5OS. The lowest BCUT2D eigenvalue weighted by Crippen LogP contribution is -1.92. The van der Waals surface area contributed by atoms with Crippen LogP contribution in [0.1, 0.15) is 12.3 Å². The number of nitrogens with zero attached hydrogens (tertiary/aromatic N) is 5. The van der Waals surface area contributed by atoms with Crippen molar-refractivity contribution in [3.63, 3.8) is 0 Å². The summed E-state index contributed by atoms with van der Waals surface area (Å²) in [4.78, 5) is 4.43. The fourth-order valence-electron chi connectivity index (χ4n) is 2.45. The van der Waals surface area contributed by atoms with E-state index in [1.54, 1.807) is 28.4 Å². The zero-order chi connectivity index (χ0) is 17.9. The minimum absolute atomic E-state index is 0.483. The molecule has 0 aliphatic carbocycles. The molecule has 6 nitrogen and oxygen atoms in total. The average Bonchev–Trinajstić information content (AvgIpc) is 3.27. The van der Waals surface area contributed by atoms with Gasteiger partial charge in [-0.15, -0.1) is 10.2 Å². The summed E-state index contributed by atoms with van der Waals surface area (Å²) in [6.07, 6.45) is 3.32. The number of hydrogen-bond acceptors (Lipinski definition) is 6. The van der Waals surface area contributed by atoms with Crippen LogP contribution in [0.2, 0.25) is 10.0 Å². The zero-order valence-corrected chi connectivity index (χ0v) is 15.8. The molecule has 0 atom stereocenters. The van der Waals surface area contributed by atoms with Crippen LogP contribution in [-0.4, -0.2) is 30.5 Å². The molecule has 1 aromatic carbocycles. The molecule has 0 saturated carbocycles. The summed E-state index contributed by atoms with van der Waals surface area (Å²) in [6, 6.07) is 11.4. The second-order valence-electron chi connectivity index (χ2n) is 5.51. The normalized spacial score (nSPS) is 11.3. The van der Waals surface area contributed by atoms with Gasteiger partial charge >= 0.3 is 0 Å². The molecule has 4 aromatic rings. The van der Waals surface area contributed by atoms with Crippen molar-refractivity contribution in [2.45, 2.75) is 18.0 Å². The lowest BCUT2D eigenvalue weighted by Gasteiger charge is -2.01. The highest BCUT2D eigenvalue weighted by Gasteiger charge is 2.11. The van der Waals surface area contributed by atoms with Gasteiger partial charge in [-0.25, -0.2) is 0 Å². The summed E-state index contributed by atoms with van der Waals surface area (Å²) in [5, 5.41) is 14.1. The highest BCUT2D eigenvalue weighted by atomic mass is 35.5. The maximum absolute atomic E-state index is 6.13. The molecule has 0 saturated heterocycles. The summed E-state index contributed by atoms with van der Waals surface area (Å²) < 4.78 is 7.12. The summed E-state index contributed by atoms with van der Waals surface area (Å²) in [6.45, 7) is 0. The summed E-state index contributed by atoms with van der Waals surface area (Å²) >= 11 is 13.8. The smallest absolute Gasteiger partial charge is 0.226 e. The van der Waals surface area contributed by atoms with E-state index in [0.29, 0.717) is 33.8 Å². The van der Waals surface area contributed by atoms with E-state index in [2.05, 4.69) is 20.3 Å². The van der Waals surface area contributed by atoms with E-state index in [9.17, 15) is 0 Å². The molecule has 0 aliphatic heterocycles. The second-order valence-corrected chi connectivity index (χ2v) is 7.42. The van der Waals surface area contributed by atoms with Crippen molar-refractivity contribution < 1.29 is 4.52 Å². The van der Waals surface area contributed by atoms with Crippen molar-refractivity contribution in [1.29, 1.82) is 0 Å². The Morgan fingerprint density at radius 3 is 2.81 bits per heavy atom. The van der Waals surface area contributed by atoms with E-state index in [1.807, 2.05) is 30.3 Å². The van der Waals surface area contributed by atoms with Crippen molar-refractivity contribution in [3.05, 3.63) is 58.5 Å². The minimum atomic E-state index is 0.483. The largest absolute Gasteiger partial charge is 0.339 e. The number of halogens is 2. The van der Waals surface area contributed by atoms with Gasteiger partial charge in [0.1, 0.15) is 0 Å². The monoisotopic (exact) mass is 405 g/mol. The molecule has 0 radical (unpaired) electrons. The van der Waals surface area contributed by atoms with Crippen LogP contribution in [0.25, 0.3) is 17.0 Å². The Labute approximate surface area is 163 Å². The van der Waals surface area contributed by atoms with Crippen molar-refractivity contribution in [2.24, 2.45) is 0 Å². The highest BCUT2D eigenvalue weighted by Crippen LogP contribution is 2.25. The molecule has 3 heterocycles. The van der Waals surface area contributed by atoms with Gasteiger partial charge in [0.05, 0.1) is 10.0 Å². The Balaban J connectivity index is 1.36. The third-order valence-electron chi connectivity index (χ3n) is 3.66. The molecule has 0 amide bonds. The van der Waals surface area contributed by atoms with Gasteiger partial charge in [-0.3, -0.25) is 4.40 Å². The molecule has 9 heteroatoms. The molecule has 0 N–H and O–H groups in total. The van der Waals surface area contributed by atoms with Crippen molar-refractivity contribution in [3.8, 4) is 11.4 Å². The first-order valence-electron chi connectivity index (χ1n) is 7.91. The SMILES string of the molecule is Clc1cc(Cl)c2nnc(SCCCc3nc(-c4ccccc4)no3)n2c1. The lowest BCUT2D eigenvalue weighted by molar-refractivity contribution is 0.378. The molecule has 0 aliphatic rings. The first-order chi connectivity index (χ1) is 12.7. The predicted molar refractivity (Wildman–Crippen MR) is 102 cm³/mol. The van der Waals surface area contributed by atoms with Gasteiger partial charge in [0.15, 0.2) is 10.8 Å². The Morgan fingerprint density at radius 2 is 1.96 bits per heavy atom. The van der Waals surface area contributed by atoms with E-state index >= 15 is 0 Å². The fourth-order valence-corrected chi connectivity index (χ4v) is 3.81. The summed E-state index contributed by atoms with van der Waals surface area (Å²) in [5.41, 5.74) is 1.54. The van der Waals surface area contributed by atoms with Crippen LogP contribution >= 0.6 is 35.0 Å². The summed E-state index contributed by atoms with van der Waals surface area (Å²) in [5.74, 6) is 2.07. The number of aryl methyl sites for hydroxylation is 1. The van der Waals surface area contributed by atoms with Gasteiger partial charge in [0, 0.05) is 23.9 Å². The van der Waals surface area contributed by atoms with Gasteiger partial charge in [-0.1, -0.05) is 70.5 Å². The molecule has 0 fully saturated rings. The summed E-state index contributed by atoms with van der Waals surface area (Å²) in [7, 11) is 0. The van der Waals surface area contributed by atoms with E-state index in [4.69, 9.17) is 27.7 Å². The molecule has 0 spiro atoms. The van der Waals surface area contributed by atoms with Crippen molar-refractivity contribution in [2.75, 3.05) is 5.75 Å². The molecule has 132 valence electrons. The van der Waals surface area contributed by atoms with Crippen LogP contribution in [0.5, 0.6) is 0 Å². The predicted octanol–water partition coefficient (Wildman–Crippen LogP) is 4.81. The maximum Gasteiger partial charge on any atom is 0.226 e. The quantitative estimate of drug-likeness (QED) is 0.338. The number of benzene rings is 1. The van der Waals surface area contributed by atoms with Crippen LogP contribution < -0.4 is 0 Å². The first kappa shape index (κ1) is 17.3. The van der Waals surface area contributed by atoms with E-state index < -0.39 is 0 Å². The van der Waals surface area contributed by atoms with Crippen molar-refractivity contribution >= 4 is 40.6 Å². The van der Waals surface area contributed by atoms with Gasteiger partial charge in [-0.2, -0.15) is 4.98 Å². The lowest BCUT2D eigenvalue weighted by atomic mass is 10.2. The second kappa shape index (κ2) is 7.65. The number of hydrogen-bond donors (Lipinski definition) is 0. The highest BCUT2D eigenvalue weighted by molar-refractivity contribution is 7.99. The molecule has 3 aromatic heterocycles. The zero-order valence-electron chi connectivity index (χ0n) is 13.5. The van der Waals surface area contributed by atoms with Gasteiger partial charge in [0.2, 0.25) is 11.7 Å². The minimum Gasteiger partial charge on any atom is -0.339 e. The van der Waals surface area contributed by atoms with Crippen LogP contribution in [0.4, 0.5) is 0 Å². The van der Waals surface area contributed by atoms with Crippen LogP contribution in [0.15, 0.2) is 52.3 Å². The molecule has 0 bridgehead atoms. The first-order valence-corrected chi connectivity index (χ1v) is 9.65. The number of aromatic nitrogens is 5. The Hall–Kier alpha value is -2.09. The van der Waals surface area contributed by atoms with Crippen LogP contribution in [-0.2, 0) is 6.42 Å². The van der Waals surface area contributed by atoms with E-state index in [0.717, 1.165) is 22.9 Å². The van der Waals surface area contributed by atoms with E-state index in [-0.39, 0.29) is 0 Å². The van der Waals surface area contributed by atoms with Crippen molar-refractivity contribution in [1.82, 2.24) is 24.7 Å². The van der Waals surface area contributed by atoms with Crippen LogP contribution in [0, 0.1) is 0 Å². The fraction of sp³-hybridized carbons (Fsp3) is 0.176. The number of thioether (sulfide) groups is 1. The third-order valence-corrected chi connectivity index (χ3v) is 5.18. The van der Waals surface area contributed by atoms with E-state index in [1.165, 1.54) is 0 Å². The Bertz CT molecular complexity index is 1030. The average molecular weight is 406 g/mol. The molecule has 26 heavy (non-hydrogen) atoms. The van der Waals surface area contributed by atoms with Gasteiger partial charge < -0.3 is 4.52 Å². The molecule has 4 rings (SSSR count). The number of rotatable bonds is 6. The number of fused-ring (bicyclic) bond motifs is 1. The maximum atomic E-state index is 6.13. The Kier molecular flexibility index (Phi) is 5.10. The third kappa shape index (κ3) is 3.70.